The van der Waals surface area contributed by atoms with Crippen molar-refractivity contribution < 1.29 is 0 Å². The lowest BCUT2D eigenvalue weighted by Crippen LogP contribution is -2.15. The van der Waals surface area contributed by atoms with E-state index in [9.17, 15) is 0 Å². The van der Waals surface area contributed by atoms with E-state index in [1.165, 1.54) is 8.66 Å². The van der Waals surface area contributed by atoms with E-state index in [1.807, 2.05) is 12.1 Å². The average Bonchev–Trinajstić information content (AvgIpc) is 2.77. The number of aryl methyl sites for hydroxylation is 1. The first-order valence-corrected chi connectivity index (χ1v) is 7.97. The summed E-state index contributed by atoms with van der Waals surface area (Å²) in [5.74, 6) is 0. The smallest absolute Gasteiger partial charge is 0.106 e. The molecule has 100 valence electrons. The number of thiocarbonyl (C=S) groups is 1. The highest BCUT2D eigenvalue weighted by molar-refractivity contribution is 9.11. The second-order valence-corrected chi connectivity index (χ2v) is 7.23. The van der Waals surface area contributed by atoms with E-state index in [0.717, 1.165) is 29.8 Å². The lowest BCUT2D eigenvalue weighted by molar-refractivity contribution is 1.04. The molecule has 0 spiro atoms. The number of para-hydroxylation sites is 1. The van der Waals surface area contributed by atoms with Crippen molar-refractivity contribution in [1.82, 2.24) is 0 Å². The van der Waals surface area contributed by atoms with Gasteiger partial charge >= 0.3 is 0 Å². The molecule has 0 bridgehead atoms. The van der Waals surface area contributed by atoms with Crippen molar-refractivity contribution in [2.45, 2.75) is 13.3 Å². The highest BCUT2D eigenvalue weighted by atomic mass is 79.9. The standard InChI is InChI=1S/C14H15BrN2S2/c1-9-3-2-4-11(14(16)18)13(9)17-8-7-10-5-6-12(15)19-10/h2-6,17H,7-8H2,1H3,(H2,16,18). The van der Waals surface area contributed by atoms with Gasteiger partial charge in [-0.25, -0.2) is 0 Å². The van der Waals surface area contributed by atoms with Gasteiger partial charge < -0.3 is 11.1 Å². The van der Waals surface area contributed by atoms with E-state index in [4.69, 9.17) is 18.0 Å². The van der Waals surface area contributed by atoms with Crippen molar-refractivity contribution in [1.29, 1.82) is 0 Å². The quantitative estimate of drug-likeness (QED) is 0.793. The van der Waals surface area contributed by atoms with Crippen molar-refractivity contribution in [2.24, 2.45) is 5.73 Å². The number of halogens is 1. The van der Waals surface area contributed by atoms with Crippen molar-refractivity contribution in [3.63, 3.8) is 0 Å². The SMILES string of the molecule is Cc1cccc(C(N)=S)c1NCCc1ccc(Br)s1. The van der Waals surface area contributed by atoms with Gasteiger partial charge in [0.1, 0.15) is 4.99 Å². The molecule has 0 saturated heterocycles. The minimum absolute atomic E-state index is 0.435. The molecule has 0 amide bonds. The van der Waals surface area contributed by atoms with Gasteiger partial charge in [-0.05, 0) is 53.0 Å². The third-order valence-corrected chi connectivity index (χ3v) is 4.74. The second-order valence-electron chi connectivity index (χ2n) is 4.24. The third kappa shape index (κ3) is 3.78. The number of hydrogen-bond donors (Lipinski definition) is 2. The van der Waals surface area contributed by atoms with Gasteiger partial charge in [0.2, 0.25) is 0 Å². The predicted octanol–water partition coefficient (Wildman–Crippen LogP) is 4.11. The number of nitrogens with one attached hydrogen (secondary N) is 1. The number of anilines is 1. The maximum Gasteiger partial charge on any atom is 0.106 e. The van der Waals surface area contributed by atoms with Crippen molar-refractivity contribution >= 4 is 50.2 Å². The van der Waals surface area contributed by atoms with Crippen LogP contribution < -0.4 is 11.1 Å². The predicted molar refractivity (Wildman–Crippen MR) is 91.3 cm³/mol. The van der Waals surface area contributed by atoms with Gasteiger partial charge in [0.15, 0.2) is 0 Å². The Morgan fingerprint density at radius 1 is 1.37 bits per heavy atom. The molecular formula is C14H15BrN2S2. The first-order chi connectivity index (χ1) is 9.08. The molecule has 0 aliphatic carbocycles. The Labute approximate surface area is 131 Å². The van der Waals surface area contributed by atoms with Crippen molar-refractivity contribution in [2.75, 3.05) is 11.9 Å². The van der Waals surface area contributed by atoms with Gasteiger partial charge in [-0.2, -0.15) is 0 Å². The van der Waals surface area contributed by atoms with Crippen LogP contribution in [0.25, 0.3) is 0 Å². The first kappa shape index (κ1) is 14.5. The molecule has 0 fully saturated rings. The average molecular weight is 355 g/mol. The van der Waals surface area contributed by atoms with E-state index in [2.05, 4.69) is 46.4 Å². The number of thiophene rings is 1. The van der Waals surface area contributed by atoms with Gasteiger partial charge in [-0.1, -0.05) is 24.4 Å². The van der Waals surface area contributed by atoms with Crippen LogP contribution in [0.2, 0.25) is 0 Å². The number of hydrogen-bond acceptors (Lipinski definition) is 3. The van der Waals surface area contributed by atoms with Gasteiger partial charge in [0, 0.05) is 22.7 Å². The summed E-state index contributed by atoms with van der Waals surface area (Å²) in [5.41, 5.74) is 8.89. The maximum absolute atomic E-state index is 5.76. The minimum Gasteiger partial charge on any atom is -0.389 e. The van der Waals surface area contributed by atoms with Crippen LogP contribution in [0.1, 0.15) is 16.0 Å². The normalized spacial score (nSPS) is 10.4. The molecule has 0 atom stereocenters. The third-order valence-electron chi connectivity index (χ3n) is 2.84. The van der Waals surface area contributed by atoms with Gasteiger partial charge in [-0.15, -0.1) is 11.3 Å². The summed E-state index contributed by atoms with van der Waals surface area (Å²) in [7, 11) is 0. The fourth-order valence-electron chi connectivity index (χ4n) is 1.90. The molecule has 0 saturated carbocycles. The molecule has 0 aliphatic heterocycles. The Morgan fingerprint density at radius 2 is 2.16 bits per heavy atom. The van der Waals surface area contributed by atoms with Crippen LogP contribution in [-0.4, -0.2) is 11.5 Å². The van der Waals surface area contributed by atoms with E-state index in [0.29, 0.717) is 4.99 Å². The lowest BCUT2D eigenvalue weighted by atomic mass is 10.1. The highest BCUT2D eigenvalue weighted by Gasteiger charge is 2.07. The fourth-order valence-corrected chi connectivity index (χ4v) is 3.56. The van der Waals surface area contributed by atoms with Crippen molar-refractivity contribution in [3.8, 4) is 0 Å². The molecule has 3 N–H and O–H groups in total. The van der Waals surface area contributed by atoms with Crippen molar-refractivity contribution in [3.05, 3.63) is 50.1 Å². The second kappa shape index (κ2) is 6.50. The summed E-state index contributed by atoms with van der Waals surface area (Å²) >= 11 is 10.3. The summed E-state index contributed by atoms with van der Waals surface area (Å²) in [6.45, 7) is 2.93. The summed E-state index contributed by atoms with van der Waals surface area (Å²) in [4.78, 5) is 1.79. The zero-order valence-corrected chi connectivity index (χ0v) is 13.8. The van der Waals surface area contributed by atoms with Crippen LogP contribution in [0.5, 0.6) is 0 Å². The molecule has 1 aromatic carbocycles. The van der Waals surface area contributed by atoms with Gasteiger partial charge in [0.05, 0.1) is 3.79 Å². The molecule has 1 heterocycles. The Morgan fingerprint density at radius 3 is 2.79 bits per heavy atom. The summed E-state index contributed by atoms with van der Waals surface area (Å²) in [6.07, 6.45) is 0.987. The molecule has 5 heteroatoms. The van der Waals surface area contributed by atoms with Crippen LogP contribution in [0, 0.1) is 6.92 Å². The van der Waals surface area contributed by atoms with Crippen LogP contribution in [0.3, 0.4) is 0 Å². The Kier molecular flexibility index (Phi) is 4.96. The van der Waals surface area contributed by atoms with Crippen LogP contribution in [0.15, 0.2) is 34.1 Å². The Balaban J connectivity index is 2.05. The topological polar surface area (TPSA) is 38.0 Å². The first-order valence-electron chi connectivity index (χ1n) is 5.95. The molecule has 0 aliphatic rings. The summed E-state index contributed by atoms with van der Waals surface area (Å²) in [6, 6.07) is 10.2. The molecular weight excluding hydrogens is 340 g/mol. The van der Waals surface area contributed by atoms with E-state index in [-0.39, 0.29) is 0 Å². The largest absolute Gasteiger partial charge is 0.389 e. The van der Waals surface area contributed by atoms with Crippen LogP contribution >= 0.6 is 39.5 Å². The van der Waals surface area contributed by atoms with E-state index in [1.54, 1.807) is 11.3 Å². The summed E-state index contributed by atoms with van der Waals surface area (Å²) in [5, 5.41) is 3.44. The minimum atomic E-state index is 0.435. The summed E-state index contributed by atoms with van der Waals surface area (Å²) < 4.78 is 1.17. The molecule has 2 aromatic rings. The Bertz CT molecular complexity index is 593. The zero-order valence-electron chi connectivity index (χ0n) is 10.6. The van der Waals surface area contributed by atoms with E-state index >= 15 is 0 Å². The molecule has 0 unspecified atom stereocenters. The van der Waals surface area contributed by atoms with E-state index < -0.39 is 0 Å². The zero-order chi connectivity index (χ0) is 13.8. The van der Waals surface area contributed by atoms with Gasteiger partial charge in [-0.3, -0.25) is 0 Å². The number of rotatable bonds is 5. The fraction of sp³-hybridized carbons (Fsp3) is 0.214. The Hall–Kier alpha value is -0.910. The molecule has 19 heavy (non-hydrogen) atoms. The number of benzene rings is 1. The monoisotopic (exact) mass is 354 g/mol. The molecule has 0 radical (unpaired) electrons. The van der Waals surface area contributed by atoms with Crippen LogP contribution in [0.4, 0.5) is 5.69 Å². The van der Waals surface area contributed by atoms with Crippen LogP contribution in [-0.2, 0) is 6.42 Å². The maximum atomic E-state index is 5.76. The molecule has 2 nitrogen and oxygen atoms in total. The van der Waals surface area contributed by atoms with Gasteiger partial charge in [0.25, 0.3) is 0 Å². The molecule has 1 aromatic heterocycles. The number of nitrogens with two attached hydrogens (primary N) is 1. The highest BCUT2D eigenvalue weighted by Crippen LogP contribution is 2.23. The lowest BCUT2D eigenvalue weighted by Gasteiger charge is -2.13. The molecule has 2 rings (SSSR count).